The molecule has 3 rings (SSSR count). The minimum atomic E-state index is -0.151. The normalized spacial score (nSPS) is 11.0. The third-order valence-corrected chi connectivity index (χ3v) is 4.78. The number of hydrogen-bond donors (Lipinski definition) is 1. The number of thiophene rings is 1. The zero-order valence-corrected chi connectivity index (χ0v) is 16.2. The fourth-order valence-electron chi connectivity index (χ4n) is 2.75. The summed E-state index contributed by atoms with van der Waals surface area (Å²) in [6.07, 6.45) is 1.95. The Morgan fingerprint density at radius 3 is 2.70 bits per heavy atom. The lowest BCUT2D eigenvalue weighted by atomic mass is 10.0. The maximum absolute atomic E-state index is 12.0. The van der Waals surface area contributed by atoms with Crippen molar-refractivity contribution in [3.63, 3.8) is 0 Å². The summed E-state index contributed by atoms with van der Waals surface area (Å²) in [5.74, 6) is 1.35. The van der Waals surface area contributed by atoms with E-state index in [4.69, 9.17) is 9.47 Å². The summed E-state index contributed by atoms with van der Waals surface area (Å²) >= 11 is 1.55. The zero-order chi connectivity index (χ0) is 19.1. The van der Waals surface area contributed by atoms with Crippen molar-refractivity contribution in [2.24, 2.45) is 5.10 Å². The molecule has 0 spiro atoms. The Hall–Kier alpha value is -2.86. The molecule has 0 bridgehead atoms. The van der Waals surface area contributed by atoms with Gasteiger partial charge in [-0.05, 0) is 54.3 Å². The van der Waals surface area contributed by atoms with Gasteiger partial charge < -0.3 is 9.47 Å². The number of hydrazone groups is 1. The molecule has 1 aromatic heterocycles. The predicted molar refractivity (Wildman–Crippen MR) is 110 cm³/mol. The molecule has 0 saturated heterocycles. The average molecular weight is 382 g/mol. The Kier molecular flexibility index (Phi) is 6.44. The van der Waals surface area contributed by atoms with Crippen LogP contribution in [0.5, 0.6) is 11.5 Å². The van der Waals surface area contributed by atoms with Crippen LogP contribution in [0.15, 0.2) is 52.9 Å². The second-order valence-corrected chi connectivity index (χ2v) is 6.81. The topological polar surface area (TPSA) is 59.9 Å². The van der Waals surface area contributed by atoms with Crippen LogP contribution in [-0.4, -0.2) is 25.3 Å². The largest absolute Gasteiger partial charge is 0.494 e. The first-order chi connectivity index (χ1) is 13.2. The number of amides is 1. The lowest BCUT2D eigenvalue weighted by Crippen LogP contribution is -2.19. The van der Waals surface area contributed by atoms with Crippen LogP contribution in [0.1, 0.15) is 24.3 Å². The fraction of sp³-hybridized carbons (Fsp3) is 0.238. The predicted octanol–water partition coefficient (Wildman–Crippen LogP) is 4.39. The fourth-order valence-corrected chi connectivity index (χ4v) is 3.46. The molecule has 0 aliphatic heterocycles. The number of nitrogens with one attached hydrogen (secondary N) is 1. The molecule has 0 aliphatic rings. The summed E-state index contributed by atoms with van der Waals surface area (Å²) in [5, 5.41) is 8.11. The number of ether oxygens (including phenoxy) is 2. The van der Waals surface area contributed by atoms with Gasteiger partial charge in [0.15, 0.2) is 0 Å². The van der Waals surface area contributed by atoms with E-state index in [2.05, 4.69) is 10.5 Å². The van der Waals surface area contributed by atoms with E-state index in [1.165, 1.54) is 0 Å². The van der Waals surface area contributed by atoms with Gasteiger partial charge in [0.1, 0.15) is 11.5 Å². The number of hydrogen-bond acceptors (Lipinski definition) is 5. The summed E-state index contributed by atoms with van der Waals surface area (Å²) in [4.78, 5) is 13.0. The molecule has 0 aliphatic carbocycles. The van der Waals surface area contributed by atoms with E-state index >= 15 is 0 Å². The van der Waals surface area contributed by atoms with Crippen molar-refractivity contribution in [1.82, 2.24) is 5.43 Å². The second kappa shape index (κ2) is 9.19. The van der Waals surface area contributed by atoms with Gasteiger partial charge in [-0.2, -0.15) is 5.10 Å². The summed E-state index contributed by atoms with van der Waals surface area (Å²) in [5.41, 5.74) is 3.41. The van der Waals surface area contributed by atoms with Crippen LogP contribution in [0, 0.1) is 0 Å². The Bertz CT molecular complexity index is 931. The molecular weight excluding hydrogens is 360 g/mol. The van der Waals surface area contributed by atoms with Crippen molar-refractivity contribution in [2.45, 2.75) is 20.3 Å². The highest BCUT2D eigenvalue weighted by molar-refractivity contribution is 7.10. The summed E-state index contributed by atoms with van der Waals surface area (Å²) in [6.45, 7) is 5.03. The first kappa shape index (κ1) is 18.9. The van der Waals surface area contributed by atoms with Crippen molar-refractivity contribution in [2.75, 3.05) is 13.2 Å². The van der Waals surface area contributed by atoms with E-state index in [-0.39, 0.29) is 5.91 Å². The monoisotopic (exact) mass is 382 g/mol. The van der Waals surface area contributed by atoms with Gasteiger partial charge in [-0.25, -0.2) is 5.43 Å². The number of benzene rings is 2. The van der Waals surface area contributed by atoms with E-state index in [1.54, 1.807) is 17.6 Å². The maximum Gasteiger partial charge on any atom is 0.245 e. The second-order valence-electron chi connectivity index (χ2n) is 5.78. The number of nitrogens with zero attached hydrogens (tertiary/aromatic N) is 1. The molecule has 0 fully saturated rings. The molecular formula is C21H22N2O3S. The van der Waals surface area contributed by atoms with Crippen LogP contribution in [0.3, 0.4) is 0 Å². The van der Waals surface area contributed by atoms with Crippen molar-refractivity contribution in [3.8, 4) is 11.5 Å². The van der Waals surface area contributed by atoms with Crippen LogP contribution in [-0.2, 0) is 11.2 Å². The number of carbonyl (C=O) groups excluding carboxylic acids is 1. The quantitative estimate of drug-likeness (QED) is 0.464. The van der Waals surface area contributed by atoms with Gasteiger partial charge in [0.05, 0.1) is 25.8 Å². The van der Waals surface area contributed by atoms with Gasteiger partial charge in [0, 0.05) is 10.4 Å². The lowest BCUT2D eigenvalue weighted by Gasteiger charge is -2.12. The molecule has 0 radical (unpaired) electrons. The van der Waals surface area contributed by atoms with Gasteiger partial charge in [0.2, 0.25) is 5.91 Å². The molecule has 5 nitrogen and oxygen atoms in total. The maximum atomic E-state index is 12.0. The van der Waals surface area contributed by atoms with Crippen molar-refractivity contribution < 1.29 is 14.3 Å². The lowest BCUT2D eigenvalue weighted by molar-refractivity contribution is -0.120. The number of carbonyl (C=O) groups is 1. The SMILES string of the molecule is CCOc1ccc2ccc(OCC)c(/C=N\NC(=O)Cc3cccs3)c2c1. The van der Waals surface area contributed by atoms with Crippen LogP contribution < -0.4 is 14.9 Å². The molecule has 1 heterocycles. The van der Waals surface area contributed by atoms with E-state index in [0.29, 0.717) is 19.6 Å². The van der Waals surface area contributed by atoms with Gasteiger partial charge in [0.25, 0.3) is 0 Å². The molecule has 0 saturated carbocycles. The molecule has 6 heteroatoms. The summed E-state index contributed by atoms with van der Waals surface area (Å²) in [6, 6.07) is 13.7. The van der Waals surface area contributed by atoms with E-state index in [1.807, 2.05) is 61.7 Å². The van der Waals surface area contributed by atoms with Gasteiger partial charge in [-0.15, -0.1) is 11.3 Å². The Balaban J connectivity index is 1.86. The van der Waals surface area contributed by atoms with Crippen LogP contribution >= 0.6 is 11.3 Å². The highest BCUT2D eigenvalue weighted by atomic mass is 32.1. The Morgan fingerprint density at radius 2 is 1.96 bits per heavy atom. The van der Waals surface area contributed by atoms with Crippen LogP contribution in [0.25, 0.3) is 10.8 Å². The van der Waals surface area contributed by atoms with Crippen molar-refractivity contribution in [3.05, 3.63) is 58.3 Å². The molecule has 1 N–H and O–H groups in total. The van der Waals surface area contributed by atoms with E-state index in [0.717, 1.165) is 32.7 Å². The average Bonchev–Trinajstić information content (AvgIpc) is 3.16. The van der Waals surface area contributed by atoms with Crippen LogP contribution in [0.4, 0.5) is 0 Å². The first-order valence-electron chi connectivity index (χ1n) is 8.88. The molecule has 27 heavy (non-hydrogen) atoms. The van der Waals surface area contributed by atoms with E-state index < -0.39 is 0 Å². The minimum absolute atomic E-state index is 0.151. The third-order valence-electron chi connectivity index (χ3n) is 3.90. The van der Waals surface area contributed by atoms with Gasteiger partial charge in [-0.3, -0.25) is 4.79 Å². The number of fused-ring (bicyclic) bond motifs is 1. The van der Waals surface area contributed by atoms with Crippen molar-refractivity contribution >= 4 is 34.2 Å². The standard InChI is InChI=1S/C21H22N2O3S/c1-3-25-16-9-7-15-8-10-20(26-4-2)19(18(15)12-16)14-22-23-21(24)13-17-6-5-11-27-17/h5-12,14H,3-4,13H2,1-2H3,(H,23,24)/b22-14-. The molecule has 140 valence electrons. The summed E-state index contributed by atoms with van der Waals surface area (Å²) < 4.78 is 11.4. The number of rotatable bonds is 8. The summed E-state index contributed by atoms with van der Waals surface area (Å²) in [7, 11) is 0. The van der Waals surface area contributed by atoms with E-state index in [9.17, 15) is 4.79 Å². The Labute approximate surface area is 162 Å². The zero-order valence-electron chi connectivity index (χ0n) is 15.4. The van der Waals surface area contributed by atoms with Crippen molar-refractivity contribution in [1.29, 1.82) is 0 Å². The third kappa shape index (κ3) is 4.86. The Morgan fingerprint density at radius 1 is 1.15 bits per heavy atom. The molecule has 2 aromatic carbocycles. The molecule has 1 amide bonds. The first-order valence-corrected chi connectivity index (χ1v) is 9.76. The highest BCUT2D eigenvalue weighted by Gasteiger charge is 2.09. The van der Waals surface area contributed by atoms with Gasteiger partial charge in [-0.1, -0.05) is 18.2 Å². The molecule has 3 aromatic rings. The van der Waals surface area contributed by atoms with Crippen LogP contribution in [0.2, 0.25) is 0 Å². The minimum Gasteiger partial charge on any atom is -0.494 e. The molecule has 0 unspecified atom stereocenters. The van der Waals surface area contributed by atoms with Gasteiger partial charge >= 0.3 is 0 Å². The highest BCUT2D eigenvalue weighted by Crippen LogP contribution is 2.30. The molecule has 0 atom stereocenters. The smallest absolute Gasteiger partial charge is 0.245 e.